The second kappa shape index (κ2) is 8.86. The Morgan fingerprint density at radius 2 is 1.97 bits per heavy atom. The Kier molecular flexibility index (Phi) is 6.13. The lowest BCUT2D eigenvalue weighted by Crippen LogP contribution is -2.47. The van der Waals surface area contributed by atoms with Crippen molar-refractivity contribution in [1.29, 1.82) is 0 Å². The van der Waals surface area contributed by atoms with E-state index in [-0.39, 0.29) is 35.2 Å². The van der Waals surface area contributed by atoms with Gasteiger partial charge in [-0.1, -0.05) is 30.7 Å². The van der Waals surface area contributed by atoms with Gasteiger partial charge in [0.25, 0.3) is 0 Å². The van der Waals surface area contributed by atoms with Crippen LogP contribution in [0.3, 0.4) is 0 Å². The fraction of sp³-hybridized carbons (Fsp3) is 0.667. The van der Waals surface area contributed by atoms with Crippen LogP contribution in [0.4, 0.5) is 0 Å². The van der Waals surface area contributed by atoms with E-state index < -0.39 is 9.84 Å². The molecule has 2 aromatic heterocycles. The predicted molar refractivity (Wildman–Crippen MR) is 122 cm³/mol. The lowest BCUT2D eigenvalue weighted by molar-refractivity contribution is -0.132. The van der Waals surface area contributed by atoms with Gasteiger partial charge in [0, 0.05) is 29.4 Å². The Hall–Kier alpha value is -1.39. The third-order valence-electron chi connectivity index (χ3n) is 6.49. The van der Waals surface area contributed by atoms with Crippen LogP contribution in [-0.4, -0.2) is 63.3 Å². The third kappa shape index (κ3) is 4.85. The van der Waals surface area contributed by atoms with Gasteiger partial charge >= 0.3 is 0 Å². The van der Waals surface area contributed by atoms with Crippen molar-refractivity contribution in [2.45, 2.75) is 74.6 Å². The molecule has 5 rings (SSSR count). The molecule has 1 atom stereocenters. The SMILES string of the molecule is O=C(CSc1nnc(Cc2cccs2)n1C1CC1)N(C1CCCC1)C1CCS(=O)(=O)C1. The molecular formula is C21H28N4O3S3. The summed E-state index contributed by atoms with van der Waals surface area (Å²) in [7, 11) is -3.03. The van der Waals surface area contributed by atoms with Gasteiger partial charge in [-0.05, 0) is 43.6 Å². The van der Waals surface area contributed by atoms with Gasteiger partial charge in [0.05, 0.1) is 17.3 Å². The minimum absolute atomic E-state index is 0.0455. The number of carbonyl (C=O) groups excluding carboxylic acids is 1. The summed E-state index contributed by atoms with van der Waals surface area (Å²) in [6.45, 7) is 0. The van der Waals surface area contributed by atoms with E-state index in [0.717, 1.165) is 55.9 Å². The van der Waals surface area contributed by atoms with Gasteiger partial charge < -0.3 is 9.47 Å². The number of nitrogens with zero attached hydrogens (tertiary/aromatic N) is 4. The lowest BCUT2D eigenvalue weighted by atomic mass is 10.1. The molecule has 0 N–H and O–H groups in total. The molecule has 2 aliphatic carbocycles. The van der Waals surface area contributed by atoms with Crippen LogP contribution in [0.5, 0.6) is 0 Å². The average molecular weight is 481 g/mol. The lowest BCUT2D eigenvalue weighted by Gasteiger charge is -2.34. The molecule has 168 valence electrons. The molecule has 1 aliphatic heterocycles. The van der Waals surface area contributed by atoms with E-state index in [0.29, 0.717) is 12.5 Å². The fourth-order valence-corrected chi connectivity index (χ4v) is 8.18. The number of hydrogen-bond acceptors (Lipinski definition) is 7. The summed E-state index contributed by atoms with van der Waals surface area (Å²) in [5, 5.41) is 11.7. The molecule has 2 aromatic rings. The number of sulfone groups is 1. The van der Waals surface area contributed by atoms with Crippen molar-refractivity contribution in [3.8, 4) is 0 Å². The highest BCUT2D eigenvalue weighted by Gasteiger charge is 2.39. The average Bonchev–Trinajstić information content (AvgIpc) is 3.18. The first kappa shape index (κ1) is 21.5. The summed E-state index contributed by atoms with van der Waals surface area (Å²) in [6.07, 6.45) is 7.79. The van der Waals surface area contributed by atoms with Gasteiger partial charge in [-0.2, -0.15) is 0 Å². The van der Waals surface area contributed by atoms with Crippen LogP contribution >= 0.6 is 23.1 Å². The van der Waals surface area contributed by atoms with Crippen molar-refractivity contribution in [2.75, 3.05) is 17.3 Å². The number of carbonyl (C=O) groups is 1. The first-order chi connectivity index (χ1) is 15.0. The smallest absolute Gasteiger partial charge is 0.233 e. The Morgan fingerprint density at radius 3 is 2.61 bits per heavy atom. The monoisotopic (exact) mass is 480 g/mol. The van der Waals surface area contributed by atoms with Gasteiger partial charge in [0.2, 0.25) is 5.91 Å². The van der Waals surface area contributed by atoms with Crippen LogP contribution in [0, 0.1) is 0 Å². The maximum Gasteiger partial charge on any atom is 0.233 e. The van der Waals surface area contributed by atoms with E-state index >= 15 is 0 Å². The minimum atomic E-state index is -3.03. The van der Waals surface area contributed by atoms with Crippen LogP contribution in [0.2, 0.25) is 0 Å². The van der Waals surface area contributed by atoms with Crippen LogP contribution in [0.25, 0.3) is 0 Å². The number of rotatable bonds is 8. The number of amides is 1. The zero-order valence-corrected chi connectivity index (χ0v) is 19.9. The van der Waals surface area contributed by atoms with Crippen molar-refractivity contribution in [3.05, 3.63) is 28.2 Å². The topological polar surface area (TPSA) is 85.2 Å². The van der Waals surface area contributed by atoms with Crippen LogP contribution in [0.1, 0.15) is 61.7 Å². The molecule has 3 fully saturated rings. The van der Waals surface area contributed by atoms with Crippen molar-refractivity contribution in [2.24, 2.45) is 0 Å². The molecule has 31 heavy (non-hydrogen) atoms. The molecule has 3 heterocycles. The maximum atomic E-state index is 13.3. The van der Waals surface area contributed by atoms with E-state index in [2.05, 4.69) is 26.2 Å². The summed E-state index contributed by atoms with van der Waals surface area (Å²) in [4.78, 5) is 16.5. The largest absolute Gasteiger partial charge is 0.335 e. The fourth-order valence-electron chi connectivity index (χ4n) is 4.88. The van der Waals surface area contributed by atoms with E-state index in [4.69, 9.17) is 0 Å². The molecule has 0 radical (unpaired) electrons. The van der Waals surface area contributed by atoms with Crippen LogP contribution in [0.15, 0.2) is 22.7 Å². The highest BCUT2D eigenvalue weighted by atomic mass is 32.2. The summed E-state index contributed by atoms with van der Waals surface area (Å²) in [6, 6.07) is 4.61. The summed E-state index contributed by atoms with van der Waals surface area (Å²) in [5.74, 6) is 1.61. The first-order valence-electron chi connectivity index (χ1n) is 11.1. The normalized spacial score (nSPS) is 23.4. The molecule has 0 aromatic carbocycles. The Balaban J connectivity index is 1.30. The van der Waals surface area contributed by atoms with Crippen molar-refractivity contribution < 1.29 is 13.2 Å². The van der Waals surface area contributed by atoms with Crippen molar-refractivity contribution in [3.63, 3.8) is 0 Å². The van der Waals surface area contributed by atoms with E-state index in [1.165, 1.54) is 16.6 Å². The highest BCUT2D eigenvalue weighted by molar-refractivity contribution is 7.99. The summed E-state index contributed by atoms with van der Waals surface area (Å²) in [5.41, 5.74) is 0. The second-order valence-corrected chi connectivity index (χ2v) is 13.0. The van der Waals surface area contributed by atoms with Gasteiger partial charge in [-0.3, -0.25) is 4.79 Å². The summed E-state index contributed by atoms with van der Waals surface area (Å²) < 4.78 is 26.3. The second-order valence-electron chi connectivity index (χ2n) is 8.84. The van der Waals surface area contributed by atoms with Crippen molar-refractivity contribution >= 4 is 38.8 Å². The molecule has 1 saturated heterocycles. The van der Waals surface area contributed by atoms with Gasteiger partial charge in [0.15, 0.2) is 15.0 Å². The maximum absolute atomic E-state index is 13.3. The molecule has 1 amide bonds. The van der Waals surface area contributed by atoms with Crippen LogP contribution < -0.4 is 0 Å². The minimum Gasteiger partial charge on any atom is -0.335 e. The van der Waals surface area contributed by atoms with Crippen LogP contribution in [-0.2, 0) is 21.1 Å². The molecule has 2 saturated carbocycles. The zero-order chi connectivity index (χ0) is 21.4. The van der Waals surface area contributed by atoms with Crippen molar-refractivity contribution in [1.82, 2.24) is 19.7 Å². The Labute approximate surface area is 191 Å². The number of thioether (sulfide) groups is 1. The van der Waals surface area contributed by atoms with Gasteiger partial charge in [0.1, 0.15) is 5.82 Å². The molecule has 0 bridgehead atoms. The quantitative estimate of drug-likeness (QED) is 0.539. The molecule has 10 heteroatoms. The molecule has 3 aliphatic rings. The van der Waals surface area contributed by atoms with Gasteiger partial charge in [-0.15, -0.1) is 21.5 Å². The third-order valence-corrected chi connectivity index (χ3v) is 10.0. The number of hydrogen-bond donors (Lipinski definition) is 0. The first-order valence-corrected chi connectivity index (χ1v) is 14.8. The molecule has 0 spiro atoms. The number of aromatic nitrogens is 3. The Bertz CT molecular complexity index is 1020. The highest BCUT2D eigenvalue weighted by Crippen LogP contribution is 2.39. The Morgan fingerprint density at radius 1 is 1.16 bits per heavy atom. The van der Waals surface area contributed by atoms with E-state index in [9.17, 15) is 13.2 Å². The summed E-state index contributed by atoms with van der Waals surface area (Å²) >= 11 is 3.18. The van der Waals surface area contributed by atoms with E-state index in [1.54, 1.807) is 11.3 Å². The molecule has 1 unspecified atom stereocenters. The standard InChI is InChI=1S/C21H28N4O3S3/c26-20(24(15-4-1-2-5-15)17-9-11-31(27,28)14-17)13-30-21-23-22-19(25(21)16-7-8-16)12-18-6-3-10-29-18/h3,6,10,15-17H,1-2,4-5,7-9,11-14H2. The predicted octanol–water partition coefficient (Wildman–Crippen LogP) is 3.32. The number of thiophene rings is 1. The molecular weight excluding hydrogens is 452 g/mol. The van der Waals surface area contributed by atoms with E-state index in [1.807, 2.05) is 11.0 Å². The zero-order valence-electron chi connectivity index (χ0n) is 17.5. The van der Waals surface area contributed by atoms with Gasteiger partial charge in [-0.25, -0.2) is 8.42 Å². The molecule has 7 nitrogen and oxygen atoms in total.